The molecule has 0 heterocycles. The Bertz CT molecular complexity index is 1240. The normalized spacial score (nSPS) is 14.1. The zero-order chi connectivity index (χ0) is 26.8. The van der Waals surface area contributed by atoms with E-state index in [-0.39, 0.29) is 24.0 Å². The molecule has 0 bridgehead atoms. The van der Waals surface area contributed by atoms with E-state index in [1.807, 2.05) is 60.7 Å². The molecule has 1 unspecified atom stereocenters. The monoisotopic (exact) mass is 525 g/mol. The number of aliphatic hydroxyl groups is 1. The van der Waals surface area contributed by atoms with Crippen LogP contribution in [0.3, 0.4) is 0 Å². The van der Waals surface area contributed by atoms with E-state index in [1.54, 1.807) is 26.0 Å². The van der Waals surface area contributed by atoms with Gasteiger partial charge in [0, 0.05) is 12.2 Å². The maximum absolute atomic E-state index is 13.3. The maximum atomic E-state index is 13.3. The molecule has 0 fully saturated rings. The third-order valence-electron chi connectivity index (χ3n) is 5.93. The van der Waals surface area contributed by atoms with E-state index in [1.165, 1.54) is 12.1 Å². The Hall–Kier alpha value is -3.40. The highest BCUT2D eigenvalue weighted by Gasteiger charge is 2.32. The van der Waals surface area contributed by atoms with Crippen LogP contribution in [0.2, 0.25) is 0 Å². The number of hydrogen-bond donors (Lipinski definition) is 4. The van der Waals surface area contributed by atoms with Gasteiger partial charge in [-0.3, -0.25) is 5.32 Å². The lowest BCUT2D eigenvalue weighted by Gasteiger charge is -2.28. The van der Waals surface area contributed by atoms with Crippen molar-refractivity contribution in [2.75, 3.05) is 12.3 Å². The van der Waals surface area contributed by atoms with Crippen molar-refractivity contribution in [3.05, 3.63) is 96.1 Å². The van der Waals surface area contributed by atoms with Crippen molar-refractivity contribution in [3.63, 3.8) is 0 Å². The van der Waals surface area contributed by atoms with Crippen LogP contribution < -0.4 is 16.4 Å². The summed E-state index contributed by atoms with van der Waals surface area (Å²) in [6.07, 6.45) is -1.43. The lowest BCUT2D eigenvalue weighted by molar-refractivity contribution is 0.0993. The van der Waals surface area contributed by atoms with E-state index < -0.39 is 33.5 Å². The van der Waals surface area contributed by atoms with E-state index in [9.17, 15) is 18.3 Å². The largest absolute Gasteiger partial charge is 0.445 e. The summed E-state index contributed by atoms with van der Waals surface area (Å²) in [6, 6.07) is 24.1. The molecule has 0 aliphatic heterocycles. The van der Waals surface area contributed by atoms with Crippen LogP contribution in [-0.2, 0) is 27.6 Å². The number of rotatable bonds is 12. The molecular weight excluding hydrogens is 490 g/mol. The molecule has 0 saturated carbocycles. The second-order valence-corrected chi connectivity index (χ2v) is 11.3. The molecule has 1 amide bonds. The van der Waals surface area contributed by atoms with Crippen LogP contribution in [0.15, 0.2) is 89.8 Å². The Kier molecular flexibility index (Phi) is 10.1. The van der Waals surface area contributed by atoms with Crippen molar-refractivity contribution in [2.24, 2.45) is 5.92 Å². The summed E-state index contributed by atoms with van der Waals surface area (Å²) in [5, 5.41) is 15.9. The quantitative estimate of drug-likeness (QED) is 0.266. The number of aliphatic hydroxyl groups excluding tert-OH is 1. The van der Waals surface area contributed by atoms with Crippen molar-refractivity contribution in [1.82, 2.24) is 10.6 Å². The van der Waals surface area contributed by atoms with Crippen molar-refractivity contribution >= 4 is 21.6 Å². The van der Waals surface area contributed by atoms with Gasteiger partial charge in [0.1, 0.15) is 12.0 Å². The van der Waals surface area contributed by atoms with Crippen LogP contribution in [0, 0.1) is 5.92 Å². The minimum Gasteiger partial charge on any atom is -0.445 e. The third-order valence-corrected chi connectivity index (χ3v) is 8.22. The summed E-state index contributed by atoms with van der Waals surface area (Å²) in [5.41, 5.74) is 7.89. The fraction of sp³-hybridized carbons (Fsp3) is 0.321. The number of amides is 1. The SMILES string of the molecule is CC(C)C(NC[C@@H](O)[C@H](Cc1ccccc1)NC(=O)OCc1ccccc1)S(=O)(=O)c1cccc(N)c1. The van der Waals surface area contributed by atoms with Gasteiger partial charge in [-0.05, 0) is 41.7 Å². The van der Waals surface area contributed by atoms with Crippen molar-refractivity contribution in [2.45, 2.75) is 49.3 Å². The average molecular weight is 526 g/mol. The molecule has 37 heavy (non-hydrogen) atoms. The lowest BCUT2D eigenvalue weighted by Crippen LogP contribution is -2.52. The van der Waals surface area contributed by atoms with E-state index in [4.69, 9.17) is 10.5 Å². The number of nitrogens with two attached hydrogens (primary N) is 1. The number of anilines is 1. The smallest absolute Gasteiger partial charge is 0.407 e. The summed E-state index contributed by atoms with van der Waals surface area (Å²) >= 11 is 0. The molecule has 3 atom stereocenters. The first-order valence-corrected chi connectivity index (χ1v) is 13.7. The van der Waals surface area contributed by atoms with Crippen LogP contribution in [0.5, 0.6) is 0 Å². The highest BCUT2D eigenvalue weighted by atomic mass is 32.2. The fourth-order valence-electron chi connectivity index (χ4n) is 3.99. The van der Waals surface area contributed by atoms with Gasteiger partial charge in [-0.15, -0.1) is 0 Å². The average Bonchev–Trinajstić information content (AvgIpc) is 2.88. The molecule has 3 aromatic rings. The van der Waals surface area contributed by atoms with E-state index in [2.05, 4.69) is 10.6 Å². The van der Waals surface area contributed by atoms with Gasteiger partial charge in [-0.1, -0.05) is 80.6 Å². The number of benzene rings is 3. The maximum Gasteiger partial charge on any atom is 0.407 e. The molecule has 8 nitrogen and oxygen atoms in total. The van der Waals surface area contributed by atoms with Crippen LogP contribution in [0.25, 0.3) is 0 Å². The van der Waals surface area contributed by atoms with Gasteiger partial charge in [-0.2, -0.15) is 0 Å². The predicted octanol–water partition coefficient (Wildman–Crippen LogP) is 3.51. The minimum absolute atomic E-state index is 0.0686. The molecule has 3 rings (SSSR count). The van der Waals surface area contributed by atoms with Gasteiger partial charge in [0.25, 0.3) is 0 Å². The van der Waals surface area contributed by atoms with Crippen LogP contribution in [0.4, 0.5) is 10.5 Å². The second-order valence-electron chi connectivity index (χ2n) is 9.26. The number of sulfone groups is 1. The lowest BCUT2D eigenvalue weighted by atomic mass is 10.0. The molecule has 0 aliphatic carbocycles. The number of nitrogen functional groups attached to an aromatic ring is 1. The summed E-state index contributed by atoms with van der Waals surface area (Å²) < 4.78 is 32.0. The van der Waals surface area contributed by atoms with Gasteiger partial charge in [0.2, 0.25) is 0 Å². The highest BCUT2D eigenvalue weighted by Crippen LogP contribution is 2.22. The topological polar surface area (TPSA) is 131 Å². The number of hydrogen-bond acceptors (Lipinski definition) is 7. The van der Waals surface area contributed by atoms with E-state index in [0.29, 0.717) is 12.1 Å². The minimum atomic E-state index is -3.78. The van der Waals surface area contributed by atoms with Crippen molar-refractivity contribution in [3.8, 4) is 0 Å². The van der Waals surface area contributed by atoms with Crippen molar-refractivity contribution in [1.29, 1.82) is 0 Å². The predicted molar refractivity (Wildman–Crippen MR) is 144 cm³/mol. The first kappa shape index (κ1) is 28.2. The molecule has 9 heteroatoms. The Morgan fingerprint density at radius 3 is 2.16 bits per heavy atom. The molecule has 0 saturated heterocycles. The molecular formula is C28H35N3O5S. The van der Waals surface area contributed by atoms with Crippen molar-refractivity contribution < 1.29 is 23.1 Å². The zero-order valence-corrected chi connectivity index (χ0v) is 21.9. The molecule has 0 radical (unpaired) electrons. The van der Waals surface area contributed by atoms with Crippen LogP contribution >= 0.6 is 0 Å². The summed E-state index contributed by atoms with van der Waals surface area (Å²) in [6.45, 7) is 3.59. The number of carbonyl (C=O) groups is 1. The van der Waals surface area contributed by atoms with E-state index >= 15 is 0 Å². The number of nitrogens with one attached hydrogen (secondary N) is 2. The van der Waals surface area contributed by atoms with Crippen LogP contribution in [0.1, 0.15) is 25.0 Å². The molecule has 0 spiro atoms. The standard InChI is InChI=1S/C28H35N3O5S/c1-20(2)27(37(34,35)24-15-9-14-23(29)17-24)30-18-26(32)25(16-21-10-5-3-6-11-21)31-28(33)36-19-22-12-7-4-8-13-22/h3-15,17,20,25-27,30,32H,16,18-19,29H2,1-2H3,(H,31,33)/t25-,26+,27?/m0/s1. The van der Waals surface area contributed by atoms with Gasteiger partial charge in [-0.25, -0.2) is 13.2 Å². The molecule has 5 N–H and O–H groups in total. The molecule has 0 aromatic heterocycles. The van der Waals surface area contributed by atoms with Crippen LogP contribution in [-0.4, -0.2) is 43.7 Å². The van der Waals surface area contributed by atoms with Gasteiger partial charge in [0.05, 0.1) is 17.0 Å². The zero-order valence-electron chi connectivity index (χ0n) is 21.1. The Labute approximate surface area is 218 Å². The molecule has 3 aromatic carbocycles. The summed E-state index contributed by atoms with van der Waals surface area (Å²) in [5.74, 6) is -0.296. The second kappa shape index (κ2) is 13.2. The first-order chi connectivity index (χ1) is 17.7. The highest BCUT2D eigenvalue weighted by molar-refractivity contribution is 7.92. The Morgan fingerprint density at radius 2 is 1.57 bits per heavy atom. The third kappa shape index (κ3) is 8.31. The van der Waals surface area contributed by atoms with Gasteiger partial charge < -0.3 is 20.9 Å². The molecule has 0 aliphatic rings. The van der Waals surface area contributed by atoms with E-state index in [0.717, 1.165) is 11.1 Å². The summed E-state index contributed by atoms with van der Waals surface area (Å²) in [7, 11) is -3.78. The van der Waals surface area contributed by atoms with Gasteiger partial charge in [0.15, 0.2) is 9.84 Å². The Morgan fingerprint density at radius 1 is 0.946 bits per heavy atom. The fourth-order valence-corrected chi connectivity index (χ4v) is 5.88. The molecule has 198 valence electrons. The number of carbonyl (C=O) groups excluding carboxylic acids is 1. The Balaban J connectivity index is 1.71. The number of alkyl carbamates (subject to hydrolysis) is 1. The number of ether oxygens (including phenoxy) is 1. The van der Waals surface area contributed by atoms with Gasteiger partial charge >= 0.3 is 6.09 Å². The summed E-state index contributed by atoms with van der Waals surface area (Å²) in [4.78, 5) is 12.7. The first-order valence-electron chi connectivity index (χ1n) is 12.2.